The van der Waals surface area contributed by atoms with Crippen LogP contribution in [-0.2, 0) is 0 Å². The molecule has 5 rings (SSSR count). The molecule has 0 saturated heterocycles. The topological polar surface area (TPSA) is 110 Å². The summed E-state index contributed by atoms with van der Waals surface area (Å²) in [6.45, 7) is 0. The molecule has 0 atom stereocenters. The molecule has 2 aromatic heterocycles. The van der Waals surface area contributed by atoms with Gasteiger partial charge < -0.3 is 4.42 Å². The van der Waals surface area contributed by atoms with Crippen LogP contribution in [0.4, 0.5) is 6.01 Å². The van der Waals surface area contributed by atoms with Crippen LogP contribution in [0, 0.1) is 11.3 Å². The second kappa shape index (κ2) is 9.68. The van der Waals surface area contributed by atoms with Gasteiger partial charge in [0, 0.05) is 22.9 Å². The smallest absolute Gasteiger partial charge is 0.322 e. The molecular formula is C27H18N6O2. The van der Waals surface area contributed by atoms with Crippen LogP contribution in [0.5, 0.6) is 0 Å². The summed E-state index contributed by atoms with van der Waals surface area (Å²) >= 11 is 0. The average molecular weight is 458 g/mol. The van der Waals surface area contributed by atoms with Crippen molar-refractivity contribution in [3.63, 3.8) is 0 Å². The average Bonchev–Trinajstić information content (AvgIpc) is 3.56. The lowest BCUT2D eigenvalue weighted by Crippen LogP contribution is -2.11. The van der Waals surface area contributed by atoms with Gasteiger partial charge in [-0.1, -0.05) is 71.8 Å². The highest BCUT2D eigenvalue weighted by atomic mass is 16.4. The zero-order valence-corrected chi connectivity index (χ0v) is 18.4. The molecule has 8 nitrogen and oxygen atoms in total. The van der Waals surface area contributed by atoms with Gasteiger partial charge in [0.2, 0.25) is 0 Å². The van der Waals surface area contributed by atoms with E-state index < -0.39 is 5.91 Å². The highest BCUT2D eigenvalue weighted by Gasteiger charge is 2.17. The second-order valence-corrected chi connectivity index (χ2v) is 7.48. The lowest BCUT2D eigenvalue weighted by molar-refractivity contribution is 0.102. The standard InChI is InChI=1S/C27H18N6O2/c28-17-21(26-30-31-27(35-26)29-25(34)20-12-6-2-7-13-20)16-22-18-33(23-14-8-3-9-15-23)32-24(22)19-10-4-1-5-11-19/h1-16,18H,(H,29,31,34)/b21-16-. The number of para-hydroxylation sites is 1. The molecule has 1 amide bonds. The molecule has 0 spiro atoms. The van der Waals surface area contributed by atoms with E-state index in [0.29, 0.717) is 16.8 Å². The molecule has 0 radical (unpaired) electrons. The van der Waals surface area contributed by atoms with E-state index in [4.69, 9.17) is 9.52 Å². The molecular weight excluding hydrogens is 440 g/mol. The van der Waals surface area contributed by atoms with E-state index in [1.165, 1.54) is 0 Å². The van der Waals surface area contributed by atoms with Gasteiger partial charge in [0.15, 0.2) is 0 Å². The Morgan fingerprint density at radius 1 is 0.914 bits per heavy atom. The van der Waals surface area contributed by atoms with Crippen molar-refractivity contribution >= 4 is 23.6 Å². The summed E-state index contributed by atoms with van der Waals surface area (Å²) in [6, 6.07) is 30.0. The number of rotatable bonds is 6. The van der Waals surface area contributed by atoms with E-state index in [1.54, 1.807) is 35.0 Å². The van der Waals surface area contributed by atoms with Crippen LogP contribution >= 0.6 is 0 Å². The summed E-state index contributed by atoms with van der Waals surface area (Å²) in [4.78, 5) is 12.4. The summed E-state index contributed by atoms with van der Waals surface area (Å²) in [5.74, 6) is -0.402. The third-order valence-electron chi connectivity index (χ3n) is 5.14. The summed E-state index contributed by atoms with van der Waals surface area (Å²) < 4.78 is 7.32. The quantitative estimate of drug-likeness (QED) is 0.349. The summed E-state index contributed by atoms with van der Waals surface area (Å²) in [6.07, 6.45) is 3.48. The first-order chi connectivity index (χ1) is 17.2. The van der Waals surface area contributed by atoms with Gasteiger partial charge in [-0.2, -0.15) is 10.4 Å². The summed E-state index contributed by atoms with van der Waals surface area (Å²) in [5, 5.41) is 24.9. The fraction of sp³-hybridized carbons (Fsp3) is 0. The molecule has 35 heavy (non-hydrogen) atoms. The van der Waals surface area contributed by atoms with E-state index in [2.05, 4.69) is 21.6 Å². The van der Waals surface area contributed by atoms with E-state index in [9.17, 15) is 10.1 Å². The van der Waals surface area contributed by atoms with E-state index >= 15 is 0 Å². The first-order valence-electron chi connectivity index (χ1n) is 10.7. The van der Waals surface area contributed by atoms with Gasteiger partial charge in [-0.05, 0) is 30.3 Å². The number of aromatic nitrogens is 4. The SMILES string of the molecule is N#C/C(=C/c1cn(-c2ccccc2)nc1-c1ccccc1)c1nnc(NC(=O)c2ccccc2)o1. The number of nitriles is 1. The Morgan fingerprint density at radius 2 is 1.57 bits per heavy atom. The Balaban J connectivity index is 1.49. The first-order valence-corrected chi connectivity index (χ1v) is 10.7. The predicted octanol–water partition coefficient (Wildman–Crippen LogP) is 5.24. The normalized spacial score (nSPS) is 11.1. The fourth-order valence-corrected chi connectivity index (χ4v) is 3.47. The molecule has 168 valence electrons. The Bertz CT molecular complexity index is 1530. The predicted molar refractivity (Wildman–Crippen MR) is 131 cm³/mol. The minimum atomic E-state index is -0.390. The maximum Gasteiger partial charge on any atom is 0.322 e. The first kappa shape index (κ1) is 21.6. The number of hydrogen-bond donors (Lipinski definition) is 1. The summed E-state index contributed by atoms with van der Waals surface area (Å²) in [5.41, 5.74) is 3.76. The van der Waals surface area contributed by atoms with Crippen LogP contribution in [0.3, 0.4) is 0 Å². The van der Waals surface area contributed by atoms with Crippen molar-refractivity contribution in [1.29, 1.82) is 5.26 Å². The van der Waals surface area contributed by atoms with Gasteiger partial charge in [-0.15, -0.1) is 5.10 Å². The Labute approximate surface area is 200 Å². The molecule has 0 unspecified atom stereocenters. The molecule has 0 aliphatic carbocycles. The minimum absolute atomic E-state index is 0.0117. The third kappa shape index (κ3) is 4.74. The van der Waals surface area contributed by atoms with Crippen LogP contribution in [0.25, 0.3) is 28.6 Å². The molecule has 0 saturated carbocycles. The zero-order valence-electron chi connectivity index (χ0n) is 18.4. The number of nitrogens with one attached hydrogen (secondary N) is 1. The number of allylic oxidation sites excluding steroid dienone is 1. The molecule has 0 aliphatic rings. The van der Waals surface area contributed by atoms with Gasteiger partial charge in [-0.25, -0.2) is 4.68 Å². The van der Waals surface area contributed by atoms with Crippen molar-refractivity contribution in [2.45, 2.75) is 0 Å². The number of hydrogen-bond acceptors (Lipinski definition) is 6. The van der Waals surface area contributed by atoms with Crippen LogP contribution in [0.15, 0.2) is 102 Å². The van der Waals surface area contributed by atoms with Gasteiger partial charge >= 0.3 is 6.01 Å². The van der Waals surface area contributed by atoms with Crippen LogP contribution in [0.1, 0.15) is 21.8 Å². The maximum absolute atomic E-state index is 12.4. The number of anilines is 1. The van der Waals surface area contributed by atoms with Gasteiger partial charge in [0.25, 0.3) is 11.8 Å². The zero-order chi connectivity index (χ0) is 24.0. The van der Waals surface area contributed by atoms with Gasteiger partial charge in [0.1, 0.15) is 11.6 Å². The van der Waals surface area contributed by atoms with Gasteiger partial charge in [0.05, 0.1) is 11.4 Å². The third-order valence-corrected chi connectivity index (χ3v) is 5.14. The van der Waals surface area contributed by atoms with Crippen molar-refractivity contribution in [3.8, 4) is 23.0 Å². The summed E-state index contributed by atoms with van der Waals surface area (Å²) in [7, 11) is 0. The molecule has 5 aromatic rings. The molecule has 2 heterocycles. The molecule has 0 fully saturated rings. The maximum atomic E-state index is 12.4. The Hall–Kier alpha value is -5.29. The van der Waals surface area contributed by atoms with Crippen molar-refractivity contribution < 1.29 is 9.21 Å². The second-order valence-electron chi connectivity index (χ2n) is 7.48. The van der Waals surface area contributed by atoms with Crippen molar-refractivity contribution in [2.24, 2.45) is 0 Å². The lowest BCUT2D eigenvalue weighted by Gasteiger charge is -2.00. The van der Waals surface area contributed by atoms with Crippen molar-refractivity contribution in [3.05, 3.63) is 114 Å². The van der Waals surface area contributed by atoms with E-state index in [-0.39, 0.29) is 17.5 Å². The number of amides is 1. The molecule has 1 N–H and O–H groups in total. The largest absolute Gasteiger partial charge is 0.402 e. The van der Waals surface area contributed by atoms with E-state index in [1.807, 2.05) is 72.9 Å². The number of carbonyl (C=O) groups is 1. The molecule has 3 aromatic carbocycles. The highest BCUT2D eigenvalue weighted by Crippen LogP contribution is 2.28. The molecule has 8 heteroatoms. The van der Waals surface area contributed by atoms with E-state index in [0.717, 1.165) is 11.3 Å². The monoisotopic (exact) mass is 458 g/mol. The number of nitrogens with zero attached hydrogens (tertiary/aromatic N) is 5. The molecule has 0 bridgehead atoms. The van der Waals surface area contributed by atoms with Crippen LogP contribution < -0.4 is 5.32 Å². The lowest BCUT2D eigenvalue weighted by atomic mass is 10.1. The van der Waals surface area contributed by atoms with Crippen LogP contribution in [0.2, 0.25) is 0 Å². The van der Waals surface area contributed by atoms with Crippen molar-refractivity contribution in [2.75, 3.05) is 5.32 Å². The molecule has 0 aliphatic heterocycles. The minimum Gasteiger partial charge on any atom is -0.402 e. The number of benzene rings is 3. The highest BCUT2D eigenvalue weighted by molar-refractivity contribution is 6.03. The number of carbonyl (C=O) groups excluding carboxylic acids is 1. The van der Waals surface area contributed by atoms with Gasteiger partial charge in [-0.3, -0.25) is 10.1 Å². The fourth-order valence-electron chi connectivity index (χ4n) is 3.47. The van der Waals surface area contributed by atoms with Crippen LogP contribution in [-0.4, -0.2) is 25.9 Å². The van der Waals surface area contributed by atoms with Crippen molar-refractivity contribution in [1.82, 2.24) is 20.0 Å². The Morgan fingerprint density at radius 3 is 2.26 bits per heavy atom. The Kier molecular flexibility index (Phi) is 5.96.